The van der Waals surface area contributed by atoms with Gasteiger partial charge in [0.05, 0.1) is 46.7 Å². The maximum absolute atomic E-state index is 12.6. The molecule has 0 aliphatic heterocycles. The molecule has 0 bridgehead atoms. The third-order valence-electron chi connectivity index (χ3n) is 13.8. The minimum Gasteiger partial charge on any atom is -0.300 e. The number of nitriles is 2. The molecule has 4 aromatic rings. The van der Waals surface area contributed by atoms with Crippen molar-refractivity contribution in [2.24, 2.45) is 35.5 Å². The summed E-state index contributed by atoms with van der Waals surface area (Å²) in [4.78, 5) is 12.6. The molecule has 2 atom stereocenters. The van der Waals surface area contributed by atoms with Gasteiger partial charge in [0.1, 0.15) is 5.78 Å². The third-order valence-corrected chi connectivity index (χ3v) is 13.8. The average Bonchev–Trinajstić information content (AvgIpc) is 3.29. The van der Waals surface area contributed by atoms with E-state index in [0.717, 1.165) is 110 Å². The van der Waals surface area contributed by atoms with Gasteiger partial charge in [-0.3, -0.25) is 4.79 Å². The van der Waals surface area contributed by atoms with Gasteiger partial charge in [-0.2, -0.15) is 30.9 Å². The Hall–Kier alpha value is -4.75. The van der Waals surface area contributed by atoms with Gasteiger partial charge in [-0.05, 0) is 123 Å². The first-order chi connectivity index (χ1) is 29.4. The highest BCUT2D eigenvalue weighted by atomic mass is 16.1. The first kappa shape index (κ1) is 44.8. The second-order valence-corrected chi connectivity index (χ2v) is 18.2. The van der Waals surface area contributed by atoms with Crippen LogP contribution in [0.4, 0.5) is 0 Å². The lowest BCUT2D eigenvalue weighted by atomic mass is 9.74. The summed E-state index contributed by atoms with van der Waals surface area (Å²) in [5.74, 6) is 3.05. The molecular formula is C53H68N6O. The molecule has 2 aromatic heterocycles. The molecule has 2 unspecified atom stereocenters. The predicted molar refractivity (Wildman–Crippen MR) is 241 cm³/mol. The van der Waals surface area contributed by atoms with Crippen LogP contribution in [-0.4, -0.2) is 26.2 Å². The normalized spacial score (nSPS) is 20.1. The van der Waals surface area contributed by atoms with Crippen molar-refractivity contribution in [3.05, 3.63) is 95.3 Å². The van der Waals surface area contributed by atoms with Crippen LogP contribution in [0.1, 0.15) is 152 Å². The fourth-order valence-electron chi connectivity index (χ4n) is 10.0. The number of hydrogen-bond donors (Lipinski definition) is 0. The summed E-state index contributed by atoms with van der Waals surface area (Å²) >= 11 is 0. The Morgan fingerprint density at radius 3 is 1.28 bits per heavy atom. The molecule has 7 heteroatoms. The van der Waals surface area contributed by atoms with E-state index in [1.807, 2.05) is 24.3 Å². The highest BCUT2D eigenvalue weighted by Gasteiger charge is 2.29. The van der Waals surface area contributed by atoms with Crippen LogP contribution in [0, 0.1) is 58.2 Å². The minimum absolute atomic E-state index is 0.0188. The van der Waals surface area contributed by atoms with E-state index in [4.69, 9.17) is 0 Å². The topological polar surface area (TPSA) is 116 Å². The number of nitrogens with zero attached hydrogens (tertiary/aromatic N) is 6. The Morgan fingerprint density at radius 2 is 0.950 bits per heavy atom. The van der Waals surface area contributed by atoms with Crippen molar-refractivity contribution >= 4 is 5.78 Å². The second-order valence-electron chi connectivity index (χ2n) is 18.2. The number of rotatable bonds is 22. The van der Waals surface area contributed by atoms with E-state index in [1.54, 1.807) is 0 Å². The van der Waals surface area contributed by atoms with Crippen LogP contribution in [0.2, 0.25) is 0 Å². The molecular weight excluding hydrogens is 737 g/mol. The summed E-state index contributed by atoms with van der Waals surface area (Å²) < 4.78 is 0. The highest BCUT2D eigenvalue weighted by molar-refractivity contribution is 5.78. The predicted octanol–water partition coefficient (Wildman–Crippen LogP) is 12.9. The first-order valence-corrected chi connectivity index (χ1v) is 23.6. The molecule has 2 heterocycles. The quantitative estimate of drug-likeness (QED) is 0.0726. The van der Waals surface area contributed by atoms with Gasteiger partial charge >= 0.3 is 0 Å². The molecule has 0 radical (unpaired) electrons. The SMILES string of the molecule is CCCC1CCC(C(C#N)Cc2ccc(-c3ccc(CCCCC(=O)CCCCc4ccc(-c5ccc(CC(C#N)C6CCC(CCC)CC6)nn5)cc4)cc3)nn2)CC1. The molecule has 0 saturated heterocycles. The first-order valence-electron chi connectivity index (χ1n) is 23.6. The standard InChI is InChI=1S/C53H68N6O/c1-3-9-39-15-23-43(24-16-39)47(37-54)35-49-31-33-52(58-56-49)45-27-19-41(20-28-45)11-5-7-13-51(60)14-8-6-12-42-21-29-46(30-22-42)53-34-32-50(57-59-53)36-48(38-55)44-25-17-40(10-4-2)18-26-44/h19-22,27-34,39-40,43-44,47-48H,3-18,23-26,35-36H2,1-2H3. The van der Waals surface area contributed by atoms with Crippen molar-refractivity contribution in [2.45, 2.75) is 155 Å². The molecule has 2 aliphatic rings. The molecule has 0 N–H and O–H groups in total. The van der Waals surface area contributed by atoms with Gasteiger partial charge in [0, 0.05) is 36.8 Å². The molecule has 2 aromatic carbocycles. The molecule has 7 nitrogen and oxygen atoms in total. The highest BCUT2D eigenvalue weighted by Crippen LogP contribution is 2.38. The van der Waals surface area contributed by atoms with E-state index < -0.39 is 0 Å². The van der Waals surface area contributed by atoms with E-state index in [0.29, 0.717) is 43.3 Å². The monoisotopic (exact) mass is 805 g/mol. The maximum atomic E-state index is 12.6. The second kappa shape index (κ2) is 23.9. The molecule has 0 spiro atoms. The van der Waals surface area contributed by atoms with Crippen LogP contribution in [-0.2, 0) is 30.5 Å². The Balaban J connectivity index is 0.832. The van der Waals surface area contributed by atoms with Crippen LogP contribution in [0.5, 0.6) is 0 Å². The van der Waals surface area contributed by atoms with E-state index in [2.05, 4.69) is 94.9 Å². The lowest BCUT2D eigenvalue weighted by Crippen LogP contribution is -2.23. The van der Waals surface area contributed by atoms with E-state index in [1.165, 1.54) is 62.5 Å². The number of carbonyl (C=O) groups excluding carboxylic acids is 1. The van der Waals surface area contributed by atoms with Crippen molar-refractivity contribution in [3.63, 3.8) is 0 Å². The lowest BCUT2D eigenvalue weighted by Gasteiger charge is -2.30. The third kappa shape index (κ3) is 13.6. The smallest absolute Gasteiger partial charge is 0.132 e. The number of unbranched alkanes of at least 4 members (excludes halogenated alkanes) is 2. The van der Waals surface area contributed by atoms with Crippen LogP contribution < -0.4 is 0 Å². The number of aromatic nitrogens is 4. The van der Waals surface area contributed by atoms with Gasteiger partial charge in [0.15, 0.2) is 0 Å². The molecule has 2 fully saturated rings. The number of hydrogen-bond acceptors (Lipinski definition) is 7. The lowest BCUT2D eigenvalue weighted by molar-refractivity contribution is -0.119. The minimum atomic E-state index is 0.0188. The molecule has 316 valence electrons. The number of Topliss-reactive ketones (excluding diaryl/α,β-unsaturated/α-hetero) is 1. The van der Waals surface area contributed by atoms with Gasteiger partial charge in [-0.1, -0.05) is 114 Å². The van der Waals surface area contributed by atoms with Crippen molar-refractivity contribution in [1.82, 2.24) is 20.4 Å². The maximum Gasteiger partial charge on any atom is 0.132 e. The summed E-state index contributed by atoms with van der Waals surface area (Å²) in [6.07, 6.45) is 23.3. The number of ketones is 1. The van der Waals surface area contributed by atoms with Gasteiger partial charge in [0.25, 0.3) is 0 Å². The Morgan fingerprint density at radius 1 is 0.550 bits per heavy atom. The van der Waals surface area contributed by atoms with Crippen molar-refractivity contribution < 1.29 is 4.79 Å². The zero-order valence-electron chi connectivity index (χ0n) is 36.5. The van der Waals surface area contributed by atoms with Gasteiger partial charge in [-0.15, -0.1) is 0 Å². The van der Waals surface area contributed by atoms with Gasteiger partial charge in [-0.25, -0.2) is 0 Å². The Bertz CT molecular complexity index is 1800. The van der Waals surface area contributed by atoms with Crippen LogP contribution >= 0.6 is 0 Å². The average molecular weight is 805 g/mol. The fraction of sp³-hybridized carbons (Fsp3) is 0.566. The van der Waals surface area contributed by atoms with Gasteiger partial charge in [0.2, 0.25) is 0 Å². The van der Waals surface area contributed by atoms with Gasteiger partial charge < -0.3 is 0 Å². The van der Waals surface area contributed by atoms with Crippen LogP contribution in [0.25, 0.3) is 22.5 Å². The molecule has 2 saturated carbocycles. The number of aryl methyl sites for hydroxylation is 2. The summed E-state index contributed by atoms with van der Waals surface area (Å²) in [5.41, 5.74) is 8.16. The summed E-state index contributed by atoms with van der Waals surface area (Å²) in [6, 6.07) is 30.4. The molecule has 60 heavy (non-hydrogen) atoms. The van der Waals surface area contributed by atoms with Crippen LogP contribution in [0.3, 0.4) is 0 Å². The largest absolute Gasteiger partial charge is 0.300 e. The van der Waals surface area contributed by atoms with E-state index in [-0.39, 0.29) is 11.8 Å². The van der Waals surface area contributed by atoms with E-state index in [9.17, 15) is 15.3 Å². The van der Waals surface area contributed by atoms with Crippen molar-refractivity contribution in [2.75, 3.05) is 0 Å². The zero-order valence-corrected chi connectivity index (χ0v) is 36.5. The number of benzene rings is 2. The summed E-state index contributed by atoms with van der Waals surface area (Å²) in [5, 5.41) is 37.9. The number of carbonyl (C=O) groups is 1. The molecule has 6 rings (SSSR count). The molecule has 0 amide bonds. The van der Waals surface area contributed by atoms with Crippen molar-refractivity contribution in [3.8, 4) is 34.7 Å². The zero-order chi connectivity index (χ0) is 41.9. The molecule has 2 aliphatic carbocycles. The van der Waals surface area contributed by atoms with Crippen LogP contribution in [0.15, 0.2) is 72.8 Å². The van der Waals surface area contributed by atoms with Crippen molar-refractivity contribution in [1.29, 1.82) is 10.5 Å². The van der Waals surface area contributed by atoms with E-state index >= 15 is 0 Å². The summed E-state index contributed by atoms with van der Waals surface area (Å²) in [7, 11) is 0. The summed E-state index contributed by atoms with van der Waals surface area (Å²) in [6.45, 7) is 4.53. The fourth-order valence-corrected chi connectivity index (χ4v) is 10.0. The Labute approximate surface area is 360 Å². The Kier molecular flexibility index (Phi) is 17.8.